The number of ether oxygens (including phenoxy) is 2. The molecule has 1 saturated carbocycles. The van der Waals surface area contributed by atoms with Crippen molar-refractivity contribution in [3.63, 3.8) is 0 Å². The van der Waals surface area contributed by atoms with E-state index in [1.54, 1.807) is 0 Å². The van der Waals surface area contributed by atoms with Crippen molar-refractivity contribution in [2.75, 3.05) is 26.2 Å². The lowest BCUT2D eigenvalue weighted by molar-refractivity contribution is -0.131. The van der Waals surface area contributed by atoms with E-state index in [4.69, 9.17) is 9.47 Å². The Kier molecular flexibility index (Phi) is 4.29. The van der Waals surface area contributed by atoms with Crippen LogP contribution in [0.2, 0.25) is 0 Å². The minimum absolute atomic E-state index is 0.107. The molecule has 1 unspecified atom stereocenters. The molecule has 2 aliphatic rings. The number of carbonyl (C=O) groups is 1. The van der Waals surface area contributed by atoms with Crippen LogP contribution in [0.25, 0.3) is 0 Å². The number of hydrogen-bond donors (Lipinski definition) is 1. The van der Waals surface area contributed by atoms with Gasteiger partial charge < -0.3 is 19.7 Å². The Morgan fingerprint density at radius 3 is 2.81 bits per heavy atom. The van der Waals surface area contributed by atoms with E-state index >= 15 is 0 Å². The van der Waals surface area contributed by atoms with E-state index < -0.39 is 0 Å². The number of likely N-dealkylation sites (N-methyl/N-ethyl adjacent to an activating group) is 1. The highest BCUT2D eigenvalue weighted by atomic mass is 16.6. The van der Waals surface area contributed by atoms with Crippen LogP contribution in [0.5, 0.6) is 11.5 Å². The molecular weight excluding hydrogens is 268 g/mol. The Morgan fingerprint density at radius 2 is 2.10 bits per heavy atom. The molecule has 1 amide bonds. The third-order valence-corrected chi connectivity index (χ3v) is 3.85. The predicted octanol–water partition coefficient (Wildman–Crippen LogP) is 1.43. The van der Waals surface area contributed by atoms with Crippen molar-refractivity contribution in [1.82, 2.24) is 10.2 Å². The van der Waals surface area contributed by atoms with Crippen LogP contribution in [-0.2, 0) is 4.79 Å². The summed E-state index contributed by atoms with van der Waals surface area (Å²) in [5.74, 6) is 1.67. The first-order valence-corrected chi connectivity index (χ1v) is 7.66. The van der Waals surface area contributed by atoms with Gasteiger partial charge in [-0.25, -0.2) is 0 Å². The molecule has 0 radical (unpaired) electrons. The smallest absolute Gasteiger partial charge is 0.236 e. The number of hydrogen-bond acceptors (Lipinski definition) is 4. The lowest BCUT2D eigenvalue weighted by atomic mass is 10.2. The number of carbonyl (C=O) groups excluding carboxylic acids is 1. The molecule has 114 valence electrons. The Bertz CT molecular complexity index is 502. The molecule has 1 aromatic rings. The van der Waals surface area contributed by atoms with Crippen molar-refractivity contribution in [2.45, 2.75) is 31.9 Å². The lowest BCUT2D eigenvalue weighted by Gasteiger charge is -2.31. The van der Waals surface area contributed by atoms with Gasteiger partial charge in [0.1, 0.15) is 6.61 Å². The molecule has 0 saturated heterocycles. The van der Waals surface area contributed by atoms with E-state index in [0.717, 1.165) is 11.5 Å². The van der Waals surface area contributed by atoms with Gasteiger partial charge in [-0.3, -0.25) is 4.79 Å². The fourth-order valence-corrected chi connectivity index (χ4v) is 2.44. The Labute approximate surface area is 125 Å². The average molecular weight is 290 g/mol. The normalized spacial score (nSPS) is 20.1. The molecule has 3 rings (SSSR count). The second kappa shape index (κ2) is 6.35. The Balaban J connectivity index is 1.53. The van der Waals surface area contributed by atoms with Gasteiger partial charge in [0.05, 0.1) is 13.1 Å². The molecule has 1 atom stereocenters. The summed E-state index contributed by atoms with van der Waals surface area (Å²) in [6.45, 7) is 4.15. The largest absolute Gasteiger partial charge is 0.486 e. The monoisotopic (exact) mass is 290 g/mol. The van der Waals surface area contributed by atoms with Gasteiger partial charge in [-0.1, -0.05) is 12.1 Å². The number of nitrogens with zero attached hydrogens (tertiary/aromatic N) is 1. The molecule has 21 heavy (non-hydrogen) atoms. The zero-order valence-electron chi connectivity index (χ0n) is 12.4. The van der Waals surface area contributed by atoms with Gasteiger partial charge in [0.15, 0.2) is 17.6 Å². The van der Waals surface area contributed by atoms with Crippen molar-refractivity contribution in [3.8, 4) is 11.5 Å². The van der Waals surface area contributed by atoms with Crippen molar-refractivity contribution < 1.29 is 14.3 Å². The number of amides is 1. The fraction of sp³-hybridized carbons (Fsp3) is 0.562. The van der Waals surface area contributed by atoms with Crippen LogP contribution in [0.15, 0.2) is 24.3 Å². The summed E-state index contributed by atoms with van der Waals surface area (Å²) in [5, 5.41) is 3.26. The van der Waals surface area contributed by atoms with Gasteiger partial charge in [-0.2, -0.15) is 0 Å². The highest BCUT2D eigenvalue weighted by Crippen LogP contribution is 2.31. The summed E-state index contributed by atoms with van der Waals surface area (Å²) < 4.78 is 11.6. The first-order chi connectivity index (χ1) is 10.3. The van der Waals surface area contributed by atoms with Crippen LogP contribution < -0.4 is 14.8 Å². The number of rotatable bonds is 6. The van der Waals surface area contributed by atoms with E-state index in [1.807, 2.05) is 36.1 Å². The minimum Gasteiger partial charge on any atom is -0.486 e. The first-order valence-electron chi connectivity index (χ1n) is 7.66. The summed E-state index contributed by atoms with van der Waals surface area (Å²) in [5.41, 5.74) is 0. The first kappa shape index (κ1) is 14.2. The molecule has 1 fully saturated rings. The number of fused-ring (bicyclic) bond motifs is 1. The molecule has 0 bridgehead atoms. The quantitative estimate of drug-likeness (QED) is 0.861. The van der Waals surface area contributed by atoms with E-state index in [-0.39, 0.29) is 12.0 Å². The summed E-state index contributed by atoms with van der Waals surface area (Å²) >= 11 is 0. The maximum atomic E-state index is 12.2. The maximum Gasteiger partial charge on any atom is 0.236 e. The van der Waals surface area contributed by atoms with Gasteiger partial charge in [0.25, 0.3) is 0 Å². The van der Waals surface area contributed by atoms with E-state index in [0.29, 0.717) is 32.3 Å². The molecule has 5 heteroatoms. The van der Waals surface area contributed by atoms with Crippen molar-refractivity contribution in [1.29, 1.82) is 0 Å². The molecule has 0 aromatic heterocycles. The number of para-hydroxylation sites is 2. The second-order valence-corrected chi connectivity index (χ2v) is 5.59. The summed E-state index contributed by atoms with van der Waals surface area (Å²) in [6, 6.07) is 8.19. The Morgan fingerprint density at radius 1 is 1.33 bits per heavy atom. The van der Waals surface area contributed by atoms with Gasteiger partial charge in [0.2, 0.25) is 5.91 Å². The topological polar surface area (TPSA) is 50.8 Å². The van der Waals surface area contributed by atoms with Crippen LogP contribution >= 0.6 is 0 Å². The fourth-order valence-electron chi connectivity index (χ4n) is 2.44. The Hall–Kier alpha value is -1.75. The molecule has 1 aromatic carbocycles. The van der Waals surface area contributed by atoms with Crippen LogP contribution in [0.4, 0.5) is 0 Å². The molecule has 1 heterocycles. The van der Waals surface area contributed by atoms with Gasteiger partial charge in [0, 0.05) is 12.6 Å². The SMILES string of the molecule is CCN(CC1COc2ccccc2O1)C(=O)CNC1CC1. The second-order valence-electron chi connectivity index (χ2n) is 5.59. The molecule has 1 aliphatic heterocycles. The third kappa shape index (κ3) is 3.67. The summed E-state index contributed by atoms with van der Waals surface area (Å²) in [6.07, 6.45) is 2.27. The number of benzene rings is 1. The maximum absolute atomic E-state index is 12.2. The van der Waals surface area contributed by atoms with Gasteiger partial charge in [-0.05, 0) is 31.9 Å². The van der Waals surface area contributed by atoms with Gasteiger partial charge in [-0.15, -0.1) is 0 Å². The van der Waals surface area contributed by atoms with Crippen molar-refractivity contribution in [2.24, 2.45) is 0 Å². The van der Waals surface area contributed by atoms with E-state index in [1.165, 1.54) is 12.8 Å². The summed E-state index contributed by atoms with van der Waals surface area (Å²) in [7, 11) is 0. The predicted molar refractivity (Wildman–Crippen MR) is 79.6 cm³/mol. The lowest BCUT2D eigenvalue weighted by Crippen LogP contribution is -2.46. The molecule has 0 spiro atoms. The summed E-state index contributed by atoms with van der Waals surface area (Å²) in [4.78, 5) is 14.0. The third-order valence-electron chi connectivity index (χ3n) is 3.85. The minimum atomic E-state index is -0.107. The highest BCUT2D eigenvalue weighted by molar-refractivity contribution is 5.78. The highest BCUT2D eigenvalue weighted by Gasteiger charge is 2.26. The van der Waals surface area contributed by atoms with Crippen LogP contribution in [0.3, 0.4) is 0 Å². The standard InChI is InChI=1S/C16H22N2O3/c1-2-18(16(19)9-17-12-7-8-12)10-13-11-20-14-5-3-4-6-15(14)21-13/h3-6,12-13,17H,2,7-11H2,1H3. The van der Waals surface area contributed by atoms with Crippen molar-refractivity contribution >= 4 is 5.91 Å². The van der Waals surface area contributed by atoms with Crippen LogP contribution in [-0.4, -0.2) is 49.2 Å². The molecule has 1 aliphatic carbocycles. The van der Waals surface area contributed by atoms with Crippen LogP contribution in [0, 0.1) is 0 Å². The zero-order valence-corrected chi connectivity index (χ0v) is 12.4. The molecular formula is C16H22N2O3. The average Bonchev–Trinajstić information content (AvgIpc) is 3.34. The molecule has 5 nitrogen and oxygen atoms in total. The van der Waals surface area contributed by atoms with Gasteiger partial charge >= 0.3 is 0 Å². The van der Waals surface area contributed by atoms with E-state index in [2.05, 4.69) is 5.32 Å². The zero-order chi connectivity index (χ0) is 14.7. The van der Waals surface area contributed by atoms with Crippen molar-refractivity contribution in [3.05, 3.63) is 24.3 Å². The van der Waals surface area contributed by atoms with Crippen LogP contribution in [0.1, 0.15) is 19.8 Å². The number of nitrogens with one attached hydrogen (secondary N) is 1. The molecule has 1 N–H and O–H groups in total. The van der Waals surface area contributed by atoms with E-state index in [9.17, 15) is 4.79 Å².